The maximum atomic E-state index is 13.4. The average molecular weight is 611 g/mol. The van der Waals surface area contributed by atoms with E-state index in [1.807, 2.05) is 0 Å². The van der Waals surface area contributed by atoms with Crippen LogP contribution in [0, 0.1) is 10.1 Å². The number of anilines is 2. The highest BCUT2D eigenvalue weighted by atomic mass is 32.2. The second kappa shape index (κ2) is 14.9. The number of carbonyl (C=O) groups excluding carboxylic acids is 4. The highest BCUT2D eigenvalue weighted by Crippen LogP contribution is 2.24. The molecule has 222 valence electrons. The molecule has 0 aliphatic rings. The standard InChI is InChI=1S/C32H26N4O7S/c1-43-32(40)25-15-6-7-16-26(25)34-29(37)20-44-24-14-9-13-23(19-24)33-31(39)27(35-30(38)21-10-3-2-4-11-21)18-22-12-5-8-17-28(22)36(41)42/h2-19H,20H2,1H3,(H,33,39)(H,34,37)(H,35,38)/b27-18+. The lowest BCUT2D eigenvalue weighted by molar-refractivity contribution is -0.385. The smallest absolute Gasteiger partial charge is 0.339 e. The molecule has 3 amide bonds. The van der Waals surface area contributed by atoms with Gasteiger partial charge in [-0.1, -0.05) is 48.5 Å². The second-order valence-corrected chi connectivity index (χ2v) is 10.1. The van der Waals surface area contributed by atoms with Gasteiger partial charge in [0.2, 0.25) is 5.91 Å². The Hall–Kier alpha value is -5.75. The van der Waals surface area contributed by atoms with E-state index in [9.17, 15) is 29.3 Å². The number of para-hydroxylation sites is 2. The van der Waals surface area contributed by atoms with Crippen molar-refractivity contribution in [1.82, 2.24) is 5.32 Å². The van der Waals surface area contributed by atoms with Gasteiger partial charge in [-0.05, 0) is 54.6 Å². The molecule has 0 aliphatic carbocycles. The van der Waals surface area contributed by atoms with Gasteiger partial charge in [0.1, 0.15) is 5.70 Å². The summed E-state index contributed by atoms with van der Waals surface area (Å²) in [7, 11) is 1.25. The third kappa shape index (κ3) is 8.39. The van der Waals surface area contributed by atoms with Crippen LogP contribution in [0.5, 0.6) is 0 Å². The molecule has 0 saturated carbocycles. The summed E-state index contributed by atoms with van der Waals surface area (Å²) in [4.78, 5) is 62.5. The Morgan fingerprint density at radius 1 is 0.864 bits per heavy atom. The van der Waals surface area contributed by atoms with Crippen molar-refractivity contribution in [2.45, 2.75) is 4.90 Å². The van der Waals surface area contributed by atoms with Crippen LogP contribution >= 0.6 is 11.8 Å². The molecule has 0 atom stereocenters. The Kier molecular flexibility index (Phi) is 10.6. The molecule has 4 rings (SSSR count). The molecule has 4 aromatic rings. The Bertz CT molecular complexity index is 1740. The number of amides is 3. The van der Waals surface area contributed by atoms with Gasteiger partial charge in [-0.15, -0.1) is 11.8 Å². The summed E-state index contributed by atoms with van der Waals surface area (Å²) in [6.45, 7) is 0. The molecule has 11 nitrogen and oxygen atoms in total. The van der Waals surface area contributed by atoms with E-state index in [-0.39, 0.29) is 34.2 Å². The van der Waals surface area contributed by atoms with Crippen LogP contribution in [0.1, 0.15) is 26.3 Å². The first-order valence-electron chi connectivity index (χ1n) is 13.1. The summed E-state index contributed by atoms with van der Waals surface area (Å²) < 4.78 is 4.76. The number of ether oxygens (including phenoxy) is 1. The number of nitro benzene ring substituents is 1. The predicted molar refractivity (Wildman–Crippen MR) is 167 cm³/mol. The minimum absolute atomic E-state index is 0.00284. The number of carbonyl (C=O) groups is 4. The summed E-state index contributed by atoms with van der Waals surface area (Å²) in [6.07, 6.45) is 1.24. The molecule has 0 bridgehead atoms. The van der Waals surface area contributed by atoms with E-state index in [4.69, 9.17) is 4.74 Å². The van der Waals surface area contributed by atoms with Gasteiger partial charge in [-0.2, -0.15) is 0 Å². The number of nitrogens with zero attached hydrogens (tertiary/aromatic N) is 1. The molecular formula is C32H26N4O7S. The number of benzene rings is 4. The molecule has 0 heterocycles. The number of hydrogen-bond donors (Lipinski definition) is 3. The van der Waals surface area contributed by atoms with E-state index >= 15 is 0 Å². The number of rotatable bonds is 11. The Morgan fingerprint density at radius 3 is 2.32 bits per heavy atom. The maximum Gasteiger partial charge on any atom is 0.339 e. The van der Waals surface area contributed by atoms with Crippen LogP contribution in [0.25, 0.3) is 6.08 Å². The Morgan fingerprint density at radius 2 is 1.57 bits per heavy atom. The Labute approximate surface area is 256 Å². The van der Waals surface area contributed by atoms with Gasteiger partial charge in [0.15, 0.2) is 0 Å². The van der Waals surface area contributed by atoms with Crippen molar-refractivity contribution in [3.05, 3.63) is 136 Å². The van der Waals surface area contributed by atoms with Gasteiger partial charge in [0, 0.05) is 22.2 Å². The molecule has 3 N–H and O–H groups in total. The van der Waals surface area contributed by atoms with E-state index < -0.39 is 22.7 Å². The van der Waals surface area contributed by atoms with Crippen LogP contribution in [0.3, 0.4) is 0 Å². The zero-order valence-electron chi connectivity index (χ0n) is 23.3. The number of thioether (sulfide) groups is 1. The fourth-order valence-electron chi connectivity index (χ4n) is 3.95. The number of nitrogens with one attached hydrogen (secondary N) is 3. The van der Waals surface area contributed by atoms with Crippen LogP contribution in [0.15, 0.2) is 114 Å². The fourth-order valence-corrected chi connectivity index (χ4v) is 4.71. The predicted octanol–water partition coefficient (Wildman–Crippen LogP) is 5.52. The lowest BCUT2D eigenvalue weighted by atomic mass is 10.1. The number of esters is 1. The van der Waals surface area contributed by atoms with Crippen molar-refractivity contribution in [2.24, 2.45) is 0 Å². The average Bonchev–Trinajstić information content (AvgIpc) is 3.04. The summed E-state index contributed by atoms with van der Waals surface area (Å²) in [5, 5.41) is 19.5. The van der Waals surface area contributed by atoms with E-state index in [0.29, 0.717) is 21.8 Å². The van der Waals surface area contributed by atoms with Gasteiger partial charge < -0.3 is 20.7 Å². The topological polar surface area (TPSA) is 157 Å². The van der Waals surface area contributed by atoms with Crippen molar-refractivity contribution < 1.29 is 28.8 Å². The molecule has 0 aliphatic heterocycles. The molecule has 12 heteroatoms. The van der Waals surface area contributed by atoms with Crippen molar-refractivity contribution in [3.8, 4) is 0 Å². The number of nitro groups is 1. The Balaban J connectivity index is 1.49. The first-order valence-corrected chi connectivity index (χ1v) is 14.1. The minimum atomic E-state index is -0.716. The highest BCUT2D eigenvalue weighted by molar-refractivity contribution is 8.00. The SMILES string of the molecule is COC(=O)c1ccccc1NC(=O)CSc1cccc(NC(=O)/C(=C\c2ccccc2[N+](=O)[O-])NC(=O)c2ccccc2)c1. The van der Waals surface area contributed by atoms with Gasteiger partial charge in [0.25, 0.3) is 17.5 Å². The minimum Gasteiger partial charge on any atom is -0.465 e. The zero-order chi connectivity index (χ0) is 31.5. The molecular weight excluding hydrogens is 584 g/mol. The molecule has 0 saturated heterocycles. The van der Waals surface area contributed by atoms with Crippen molar-refractivity contribution in [3.63, 3.8) is 0 Å². The third-order valence-corrected chi connectivity index (χ3v) is 7.02. The normalized spacial score (nSPS) is 10.8. The quantitative estimate of drug-likeness (QED) is 0.0659. The van der Waals surface area contributed by atoms with Gasteiger partial charge in [-0.25, -0.2) is 4.79 Å². The van der Waals surface area contributed by atoms with E-state index in [1.54, 1.807) is 84.9 Å². The summed E-state index contributed by atoms with van der Waals surface area (Å²) in [6, 6.07) is 27.2. The van der Waals surface area contributed by atoms with Gasteiger partial charge in [-0.3, -0.25) is 24.5 Å². The molecule has 0 fully saturated rings. The van der Waals surface area contributed by atoms with Crippen molar-refractivity contribution in [2.75, 3.05) is 23.5 Å². The molecule has 0 radical (unpaired) electrons. The van der Waals surface area contributed by atoms with Gasteiger partial charge in [0.05, 0.1) is 34.6 Å². The van der Waals surface area contributed by atoms with Crippen LogP contribution in [0.2, 0.25) is 0 Å². The molecule has 44 heavy (non-hydrogen) atoms. The monoisotopic (exact) mass is 610 g/mol. The molecule has 0 unspecified atom stereocenters. The third-order valence-electron chi connectivity index (χ3n) is 6.03. The lowest BCUT2D eigenvalue weighted by Crippen LogP contribution is -2.30. The first-order chi connectivity index (χ1) is 21.2. The largest absolute Gasteiger partial charge is 0.465 e. The highest BCUT2D eigenvalue weighted by Gasteiger charge is 2.19. The zero-order valence-corrected chi connectivity index (χ0v) is 24.1. The summed E-state index contributed by atoms with van der Waals surface area (Å²) in [5.74, 6) is -2.23. The maximum absolute atomic E-state index is 13.4. The number of hydrogen-bond acceptors (Lipinski definition) is 8. The van der Waals surface area contributed by atoms with Gasteiger partial charge >= 0.3 is 5.97 Å². The van der Waals surface area contributed by atoms with Crippen LogP contribution < -0.4 is 16.0 Å². The van der Waals surface area contributed by atoms with E-state index in [2.05, 4.69) is 16.0 Å². The van der Waals surface area contributed by atoms with Crippen LogP contribution in [-0.2, 0) is 14.3 Å². The van der Waals surface area contributed by atoms with Crippen LogP contribution in [-0.4, -0.2) is 41.5 Å². The molecule has 0 aromatic heterocycles. The second-order valence-electron chi connectivity index (χ2n) is 9.05. The van der Waals surface area contributed by atoms with Crippen LogP contribution in [0.4, 0.5) is 17.1 Å². The van der Waals surface area contributed by atoms with Crippen molar-refractivity contribution in [1.29, 1.82) is 0 Å². The fraction of sp³-hybridized carbons (Fsp3) is 0.0625. The van der Waals surface area contributed by atoms with E-state index in [0.717, 1.165) is 0 Å². The summed E-state index contributed by atoms with van der Waals surface area (Å²) in [5.41, 5.74) is 0.870. The summed E-state index contributed by atoms with van der Waals surface area (Å²) >= 11 is 1.19. The first kappa shape index (κ1) is 31.2. The number of methoxy groups -OCH3 is 1. The molecule has 4 aromatic carbocycles. The van der Waals surface area contributed by atoms with E-state index in [1.165, 1.54) is 43.1 Å². The van der Waals surface area contributed by atoms with Crippen molar-refractivity contribution >= 4 is 58.6 Å². The molecule has 0 spiro atoms. The lowest BCUT2D eigenvalue weighted by Gasteiger charge is -2.12.